The largest absolute Gasteiger partial charge is 0.493 e. The van der Waals surface area contributed by atoms with Crippen molar-refractivity contribution in [3.05, 3.63) is 42.2 Å². The second-order valence-electron chi connectivity index (χ2n) is 5.33. The Morgan fingerprint density at radius 1 is 1.29 bits per heavy atom. The molecule has 3 heterocycles. The summed E-state index contributed by atoms with van der Waals surface area (Å²) in [6.07, 6.45) is 4.34. The minimum Gasteiger partial charge on any atom is -0.493 e. The molecule has 21 heavy (non-hydrogen) atoms. The number of benzene rings is 1. The molecule has 1 fully saturated rings. The van der Waals surface area contributed by atoms with Gasteiger partial charge in [0.15, 0.2) is 0 Å². The molecule has 0 saturated carbocycles. The van der Waals surface area contributed by atoms with E-state index in [1.165, 1.54) is 4.31 Å². The van der Waals surface area contributed by atoms with Crippen LogP contribution in [0.25, 0.3) is 0 Å². The van der Waals surface area contributed by atoms with E-state index in [9.17, 15) is 8.42 Å². The van der Waals surface area contributed by atoms with Gasteiger partial charge in [0.25, 0.3) is 0 Å². The third-order valence-electron chi connectivity index (χ3n) is 4.03. The van der Waals surface area contributed by atoms with Gasteiger partial charge in [-0.1, -0.05) is 0 Å². The highest BCUT2D eigenvalue weighted by Gasteiger charge is 2.38. The van der Waals surface area contributed by atoms with Crippen LogP contribution in [0.4, 0.5) is 0 Å². The number of nitrogens with zero attached hydrogens (tertiary/aromatic N) is 3. The van der Waals surface area contributed by atoms with Crippen molar-refractivity contribution < 1.29 is 13.2 Å². The van der Waals surface area contributed by atoms with Crippen LogP contribution in [0, 0.1) is 0 Å². The highest BCUT2D eigenvalue weighted by atomic mass is 32.2. The van der Waals surface area contributed by atoms with Crippen LogP contribution >= 0.6 is 0 Å². The molecule has 1 saturated heterocycles. The maximum atomic E-state index is 12.6. The van der Waals surface area contributed by atoms with E-state index >= 15 is 0 Å². The summed E-state index contributed by atoms with van der Waals surface area (Å²) >= 11 is 0. The van der Waals surface area contributed by atoms with Gasteiger partial charge in [-0.25, -0.2) is 8.42 Å². The summed E-state index contributed by atoms with van der Waals surface area (Å²) in [5.41, 5.74) is 0.972. The lowest BCUT2D eigenvalue weighted by Gasteiger charge is -2.38. The molecule has 0 aliphatic carbocycles. The minimum atomic E-state index is -3.41. The first-order valence-corrected chi connectivity index (χ1v) is 8.33. The van der Waals surface area contributed by atoms with Gasteiger partial charge in [0.2, 0.25) is 10.0 Å². The lowest BCUT2D eigenvalue weighted by Crippen LogP contribution is -2.50. The van der Waals surface area contributed by atoms with Crippen molar-refractivity contribution >= 4 is 10.0 Å². The molecule has 7 heteroatoms. The van der Waals surface area contributed by atoms with Gasteiger partial charge in [-0.3, -0.25) is 4.68 Å². The number of fused-ring (bicyclic) bond motifs is 1. The second kappa shape index (κ2) is 4.57. The topological polar surface area (TPSA) is 64.4 Å². The first-order chi connectivity index (χ1) is 10.1. The lowest BCUT2D eigenvalue weighted by atomic mass is 10.2. The number of hydrogen-bond donors (Lipinski definition) is 0. The molecule has 0 unspecified atom stereocenters. The van der Waals surface area contributed by atoms with Gasteiger partial charge >= 0.3 is 0 Å². The van der Waals surface area contributed by atoms with Crippen LogP contribution < -0.4 is 4.74 Å². The van der Waals surface area contributed by atoms with Crippen LogP contribution in [-0.2, 0) is 16.4 Å². The zero-order chi connectivity index (χ0) is 14.4. The maximum absolute atomic E-state index is 12.6. The zero-order valence-electron chi connectivity index (χ0n) is 11.3. The van der Waals surface area contributed by atoms with E-state index in [0.29, 0.717) is 24.6 Å². The van der Waals surface area contributed by atoms with Crippen LogP contribution in [0.5, 0.6) is 5.75 Å². The van der Waals surface area contributed by atoms with Gasteiger partial charge in [-0.05, 0) is 29.8 Å². The third kappa shape index (κ3) is 2.04. The summed E-state index contributed by atoms with van der Waals surface area (Å²) in [7, 11) is -3.41. The van der Waals surface area contributed by atoms with Crippen LogP contribution in [-0.4, -0.2) is 42.2 Å². The van der Waals surface area contributed by atoms with Crippen molar-refractivity contribution in [2.45, 2.75) is 17.4 Å². The van der Waals surface area contributed by atoms with E-state index in [4.69, 9.17) is 4.74 Å². The molecule has 2 aliphatic heterocycles. The summed E-state index contributed by atoms with van der Waals surface area (Å²) in [6.45, 7) is 1.57. The quantitative estimate of drug-likeness (QED) is 0.850. The Labute approximate surface area is 123 Å². The number of rotatable bonds is 3. The standard InChI is InChI=1S/C14H15N3O3S/c18-21(19,13-2-3-14-11(8-13)4-7-20-14)16-9-12(10-16)17-6-1-5-15-17/h1-3,5-6,8,12H,4,7,9-10H2. The van der Waals surface area contributed by atoms with Crippen LogP contribution in [0.1, 0.15) is 11.6 Å². The van der Waals surface area contributed by atoms with E-state index in [1.807, 2.05) is 16.9 Å². The molecule has 1 aromatic heterocycles. The number of ether oxygens (including phenoxy) is 1. The fraction of sp³-hybridized carbons (Fsp3) is 0.357. The highest BCUT2D eigenvalue weighted by Crippen LogP contribution is 2.32. The molecule has 110 valence electrons. The summed E-state index contributed by atoms with van der Waals surface area (Å²) in [5.74, 6) is 0.798. The van der Waals surface area contributed by atoms with Gasteiger partial charge in [0, 0.05) is 31.9 Å². The van der Waals surface area contributed by atoms with E-state index < -0.39 is 10.0 Å². The van der Waals surface area contributed by atoms with E-state index in [2.05, 4.69) is 5.10 Å². The first-order valence-electron chi connectivity index (χ1n) is 6.89. The van der Waals surface area contributed by atoms with Crippen molar-refractivity contribution in [1.29, 1.82) is 0 Å². The monoisotopic (exact) mass is 305 g/mol. The summed E-state index contributed by atoms with van der Waals surface area (Å²) in [4.78, 5) is 0.352. The van der Waals surface area contributed by atoms with Crippen molar-refractivity contribution in [3.63, 3.8) is 0 Å². The zero-order valence-corrected chi connectivity index (χ0v) is 12.2. The van der Waals surface area contributed by atoms with Gasteiger partial charge in [-0.15, -0.1) is 0 Å². The number of aromatic nitrogens is 2. The van der Waals surface area contributed by atoms with Crippen LogP contribution in [0.2, 0.25) is 0 Å². The van der Waals surface area contributed by atoms with Gasteiger partial charge in [-0.2, -0.15) is 9.40 Å². The molecule has 2 aliphatic rings. The fourth-order valence-corrected chi connectivity index (χ4v) is 4.32. The molecule has 0 spiro atoms. The Kier molecular flexibility index (Phi) is 2.80. The second-order valence-corrected chi connectivity index (χ2v) is 7.27. The molecule has 0 amide bonds. The predicted molar refractivity (Wildman–Crippen MR) is 75.7 cm³/mol. The Morgan fingerprint density at radius 3 is 2.90 bits per heavy atom. The Morgan fingerprint density at radius 2 is 2.14 bits per heavy atom. The smallest absolute Gasteiger partial charge is 0.243 e. The predicted octanol–water partition coefficient (Wildman–Crippen LogP) is 1.06. The molecule has 0 radical (unpaired) electrons. The molecule has 6 nitrogen and oxygen atoms in total. The van der Waals surface area contributed by atoms with Crippen molar-refractivity contribution in [1.82, 2.24) is 14.1 Å². The molecular weight excluding hydrogens is 290 g/mol. The van der Waals surface area contributed by atoms with Crippen molar-refractivity contribution in [2.24, 2.45) is 0 Å². The van der Waals surface area contributed by atoms with Crippen molar-refractivity contribution in [3.8, 4) is 5.75 Å². The summed E-state index contributed by atoms with van der Waals surface area (Å²) in [5, 5.41) is 4.15. The van der Waals surface area contributed by atoms with Gasteiger partial charge in [0.1, 0.15) is 5.75 Å². The average molecular weight is 305 g/mol. The third-order valence-corrected chi connectivity index (χ3v) is 5.85. The molecule has 0 N–H and O–H groups in total. The van der Waals surface area contributed by atoms with Gasteiger partial charge in [0.05, 0.1) is 17.5 Å². The normalized spacial score (nSPS) is 19.0. The number of hydrogen-bond acceptors (Lipinski definition) is 4. The first kappa shape index (κ1) is 12.8. The average Bonchev–Trinajstić information content (AvgIpc) is 3.06. The summed E-state index contributed by atoms with van der Waals surface area (Å²) in [6, 6.07) is 7.09. The SMILES string of the molecule is O=S(=O)(c1ccc2c(c1)CCO2)N1CC(n2cccn2)C1. The maximum Gasteiger partial charge on any atom is 0.243 e. The summed E-state index contributed by atoms with van der Waals surface area (Å²) < 4.78 is 33.9. The molecule has 0 bridgehead atoms. The fourth-order valence-electron chi connectivity index (χ4n) is 2.75. The molecule has 1 aromatic carbocycles. The molecule has 2 aromatic rings. The van der Waals surface area contributed by atoms with E-state index in [-0.39, 0.29) is 6.04 Å². The minimum absolute atomic E-state index is 0.132. The van der Waals surface area contributed by atoms with E-state index in [1.54, 1.807) is 24.4 Å². The van der Waals surface area contributed by atoms with Gasteiger partial charge < -0.3 is 4.74 Å². The van der Waals surface area contributed by atoms with Crippen molar-refractivity contribution in [2.75, 3.05) is 19.7 Å². The van der Waals surface area contributed by atoms with Crippen LogP contribution in [0.3, 0.4) is 0 Å². The molecular formula is C14H15N3O3S. The van der Waals surface area contributed by atoms with E-state index in [0.717, 1.165) is 17.7 Å². The lowest BCUT2D eigenvalue weighted by molar-refractivity contribution is 0.191. The molecule has 4 rings (SSSR count). The Bertz CT molecular complexity index is 765. The number of sulfonamides is 1. The Balaban J connectivity index is 1.55. The highest BCUT2D eigenvalue weighted by molar-refractivity contribution is 7.89. The Hall–Kier alpha value is -1.86. The molecule has 0 atom stereocenters. The van der Waals surface area contributed by atoms with Crippen LogP contribution in [0.15, 0.2) is 41.6 Å².